The van der Waals surface area contributed by atoms with E-state index in [1.165, 1.54) is 20.3 Å². The topological polar surface area (TPSA) is 109 Å². The molecule has 2 aliphatic heterocycles. The van der Waals surface area contributed by atoms with E-state index in [0.717, 1.165) is 32.6 Å². The number of urea groups is 1. The Kier molecular flexibility index (Phi) is 5.48. The Balaban J connectivity index is 1.51. The Labute approximate surface area is 217 Å². The second kappa shape index (κ2) is 8.88. The lowest BCUT2D eigenvalue weighted by molar-refractivity contribution is -0.120. The molecule has 1 aromatic heterocycles. The molecule has 6 rings (SSSR count). The van der Waals surface area contributed by atoms with Crippen LogP contribution in [0.15, 0.2) is 72.8 Å². The molecule has 4 aromatic rings. The van der Waals surface area contributed by atoms with Crippen LogP contribution in [0.2, 0.25) is 0 Å². The number of rotatable bonds is 4. The average molecular weight is 510 g/mol. The fourth-order valence-electron chi connectivity index (χ4n) is 5.51. The summed E-state index contributed by atoms with van der Waals surface area (Å²) in [5.74, 6) is -1.53. The maximum Gasteiger partial charge on any atom is 0.339 e. The third-order valence-electron chi connectivity index (χ3n) is 7.25. The average Bonchev–Trinajstić information content (AvgIpc) is 3.45. The van der Waals surface area contributed by atoms with Crippen LogP contribution in [0.1, 0.15) is 43.6 Å². The van der Waals surface area contributed by atoms with E-state index in [2.05, 4.69) is 4.98 Å². The summed E-state index contributed by atoms with van der Waals surface area (Å²) in [4.78, 5) is 58.5. The molecular weight excluding hydrogens is 486 g/mol. The van der Waals surface area contributed by atoms with Crippen LogP contribution in [-0.4, -0.2) is 54.0 Å². The first-order valence-electron chi connectivity index (χ1n) is 12.1. The number of ether oxygens (including phenoxy) is 2. The number of aromatic amines is 1. The summed E-state index contributed by atoms with van der Waals surface area (Å²) in [5.41, 5.74) is 4.06. The number of methoxy groups -OCH3 is 2. The van der Waals surface area contributed by atoms with Crippen molar-refractivity contribution in [2.45, 2.75) is 18.5 Å². The molecule has 190 valence electrons. The van der Waals surface area contributed by atoms with Gasteiger partial charge >= 0.3 is 18.0 Å². The highest BCUT2D eigenvalue weighted by Crippen LogP contribution is 2.45. The van der Waals surface area contributed by atoms with Gasteiger partial charge in [-0.3, -0.25) is 9.69 Å². The number of aromatic nitrogens is 1. The predicted molar refractivity (Wildman–Crippen MR) is 138 cm³/mol. The largest absolute Gasteiger partial charge is 0.465 e. The SMILES string of the molecule is COC(=O)c1ccc([C@@H]2c3[nH]c4ccccc4c3C[C@H]3C(=O)N(c4ccccc4C(=O)OC)C(=O)N23)cc1. The van der Waals surface area contributed by atoms with E-state index in [9.17, 15) is 19.2 Å². The van der Waals surface area contributed by atoms with Gasteiger partial charge in [0.25, 0.3) is 5.91 Å². The zero-order chi connectivity index (χ0) is 26.6. The molecule has 0 saturated carbocycles. The van der Waals surface area contributed by atoms with Crippen LogP contribution in [-0.2, 0) is 20.7 Å². The highest BCUT2D eigenvalue weighted by Gasteiger charge is 2.53. The molecule has 2 aliphatic rings. The van der Waals surface area contributed by atoms with Gasteiger partial charge in [-0.1, -0.05) is 42.5 Å². The maximum atomic E-state index is 14.0. The second-order valence-corrected chi connectivity index (χ2v) is 9.17. The maximum absolute atomic E-state index is 14.0. The Hall–Kier alpha value is -4.92. The van der Waals surface area contributed by atoms with Gasteiger partial charge in [-0.15, -0.1) is 0 Å². The number of benzene rings is 3. The smallest absolute Gasteiger partial charge is 0.339 e. The van der Waals surface area contributed by atoms with Gasteiger partial charge in [0.15, 0.2) is 0 Å². The molecule has 3 heterocycles. The summed E-state index contributed by atoms with van der Waals surface area (Å²) in [6, 6.07) is 19.1. The van der Waals surface area contributed by atoms with Crippen molar-refractivity contribution >= 4 is 40.5 Å². The zero-order valence-corrected chi connectivity index (χ0v) is 20.6. The molecule has 1 saturated heterocycles. The fraction of sp³-hybridized carbons (Fsp3) is 0.172. The number of fused-ring (bicyclic) bond motifs is 4. The molecule has 0 unspecified atom stereocenters. The Morgan fingerprint density at radius 1 is 0.868 bits per heavy atom. The molecule has 38 heavy (non-hydrogen) atoms. The number of hydrogen-bond donors (Lipinski definition) is 1. The van der Waals surface area contributed by atoms with Crippen LogP contribution in [0.3, 0.4) is 0 Å². The number of nitrogens with zero attached hydrogens (tertiary/aromatic N) is 2. The van der Waals surface area contributed by atoms with Crippen LogP contribution in [0.5, 0.6) is 0 Å². The van der Waals surface area contributed by atoms with Gasteiger partial charge in [0.2, 0.25) is 0 Å². The Bertz CT molecular complexity index is 1620. The molecule has 3 aromatic carbocycles. The predicted octanol–water partition coefficient (Wildman–Crippen LogP) is 4.22. The lowest BCUT2D eigenvalue weighted by Gasteiger charge is -2.36. The summed E-state index contributed by atoms with van der Waals surface area (Å²) >= 11 is 0. The van der Waals surface area contributed by atoms with E-state index in [1.54, 1.807) is 47.4 Å². The van der Waals surface area contributed by atoms with Gasteiger partial charge in [0, 0.05) is 23.0 Å². The molecule has 1 N–H and O–H groups in total. The molecule has 0 aliphatic carbocycles. The number of para-hydroxylation sites is 2. The van der Waals surface area contributed by atoms with E-state index in [0.29, 0.717) is 12.0 Å². The van der Waals surface area contributed by atoms with Gasteiger partial charge in [0.1, 0.15) is 12.1 Å². The summed E-state index contributed by atoms with van der Waals surface area (Å²) < 4.78 is 9.72. The third-order valence-corrected chi connectivity index (χ3v) is 7.25. The highest BCUT2D eigenvalue weighted by molar-refractivity contribution is 6.23. The Morgan fingerprint density at radius 2 is 1.55 bits per heavy atom. The minimum absolute atomic E-state index is 0.125. The molecule has 0 radical (unpaired) electrons. The summed E-state index contributed by atoms with van der Waals surface area (Å²) in [6.07, 6.45) is 0.317. The number of amides is 3. The molecule has 9 heteroatoms. The summed E-state index contributed by atoms with van der Waals surface area (Å²) in [7, 11) is 2.57. The first kappa shape index (κ1) is 23.5. The summed E-state index contributed by atoms with van der Waals surface area (Å²) in [6.45, 7) is 0. The van der Waals surface area contributed by atoms with E-state index in [4.69, 9.17) is 9.47 Å². The zero-order valence-electron chi connectivity index (χ0n) is 20.6. The molecule has 9 nitrogen and oxygen atoms in total. The van der Waals surface area contributed by atoms with Gasteiger partial charge in [-0.2, -0.15) is 0 Å². The van der Waals surface area contributed by atoms with Gasteiger partial charge < -0.3 is 14.5 Å². The van der Waals surface area contributed by atoms with Crippen LogP contribution >= 0.6 is 0 Å². The molecular formula is C29H23N3O6. The molecule has 0 bridgehead atoms. The fourth-order valence-corrected chi connectivity index (χ4v) is 5.51. The molecule has 2 atom stereocenters. The van der Waals surface area contributed by atoms with Crippen molar-refractivity contribution in [3.8, 4) is 0 Å². The van der Waals surface area contributed by atoms with Crippen molar-refractivity contribution in [1.29, 1.82) is 0 Å². The van der Waals surface area contributed by atoms with E-state index in [-0.39, 0.29) is 11.3 Å². The van der Waals surface area contributed by atoms with Crippen LogP contribution in [0.25, 0.3) is 10.9 Å². The quantitative estimate of drug-likeness (QED) is 0.326. The number of esters is 2. The molecule has 3 amide bonds. The molecule has 0 spiro atoms. The van der Waals surface area contributed by atoms with Crippen molar-refractivity contribution in [1.82, 2.24) is 9.88 Å². The van der Waals surface area contributed by atoms with Crippen molar-refractivity contribution in [2.75, 3.05) is 19.1 Å². The van der Waals surface area contributed by atoms with Crippen LogP contribution in [0.4, 0.5) is 10.5 Å². The van der Waals surface area contributed by atoms with Crippen molar-refractivity contribution < 1.29 is 28.7 Å². The number of imide groups is 1. The number of H-pyrrole nitrogens is 1. The number of anilines is 1. The minimum Gasteiger partial charge on any atom is -0.465 e. The number of carbonyl (C=O) groups excluding carboxylic acids is 4. The lowest BCUT2D eigenvalue weighted by atomic mass is 9.88. The van der Waals surface area contributed by atoms with Crippen molar-refractivity contribution in [3.63, 3.8) is 0 Å². The first-order chi connectivity index (χ1) is 18.4. The monoisotopic (exact) mass is 509 g/mol. The highest BCUT2D eigenvalue weighted by atomic mass is 16.5. The standard InChI is InChI=1S/C29H23N3O6/c1-37-27(34)17-13-11-16(12-14-17)25-24-20(18-7-3-5-9-21(18)30-24)15-23-26(33)32(29(36)31(23)25)22-10-6-4-8-19(22)28(35)38-2/h3-14,23,25,30H,15H2,1-2H3/t23-,25+/m0/s1. The molecule has 1 fully saturated rings. The third kappa shape index (κ3) is 3.39. The Morgan fingerprint density at radius 3 is 2.29 bits per heavy atom. The summed E-state index contributed by atoms with van der Waals surface area (Å²) in [5, 5.41) is 0.979. The van der Waals surface area contributed by atoms with Crippen LogP contribution < -0.4 is 4.90 Å². The van der Waals surface area contributed by atoms with E-state index < -0.39 is 36.0 Å². The van der Waals surface area contributed by atoms with E-state index in [1.807, 2.05) is 24.3 Å². The number of carbonyl (C=O) groups is 4. The lowest BCUT2D eigenvalue weighted by Crippen LogP contribution is -2.44. The second-order valence-electron chi connectivity index (χ2n) is 9.17. The van der Waals surface area contributed by atoms with E-state index >= 15 is 0 Å². The van der Waals surface area contributed by atoms with Crippen molar-refractivity contribution in [2.24, 2.45) is 0 Å². The number of hydrogen-bond acceptors (Lipinski definition) is 6. The minimum atomic E-state index is -0.787. The normalized spacial score (nSPS) is 18.4. The number of nitrogens with one attached hydrogen (secondary N) is 1. The van der Waals surface area contributed by atoms with Crippen molar-refractivity contribution in [3.05, 3.63) is 101 Å². The first-order valence-corrected chi connectivity index (χ1v) is 12.1. The van der Waals surface area contributed by atoms with Gasteiger partial charge in [0.05, 0.1) is 31.0 Å². The van der Waals surface area contributed by atoms with Gasteiger partial charge in [-0.05, 0) is 41.5 Å². The van der Waals surface area contributed by atoms with Crippen LogP contribution in [0, 0.1) is 0 Å². The van der Waals surface area contributed by atoms with Gasteiger partial charge in [-0.25, -0.2) is 19.3 Å².